The molecule has 1 heterocycles. The van der Waals surface area contributed by atoms with Crippen LogP contribution in [0.2, 0.25) is 0 Å². The third-order valence-corrected chi connectivity index (χ3v) is 3.74. The summed E-state index contributed by atoms with van der Waals surface area (Å²) in [5.41, 5.74) is 1.35. The van der Waals surface area contributed by atoms with Gasteiger partial charge in [-0.1, -0.05) is 37.3 Å². The van der Waals surface area contributed by atoms with Crippen molar-refractivity contribution in [3.8, 4) is 0 Å². The van der Waals surface area contributed by atoms with E-state index in [1.807, 2.05) is 13.0 Å². The average Bonchev–Trinajstić information content (AvgIpc) is 2.87. The molecule has 3 nitrogen and oxygen atoms in total. The fraction of sp³-hybridized carbons (Fsp3) is 0.533. The molecule has 2 unspecified atom stereocenters. The molecule has 1 fully saturated rings. The molecule has 98 valence electrons. The second kappa shape index (κ2) is 6.01. The number of hydrogen-bond donors (Lipinski definition) is 1. The molecule has 0 spiro atoms. The van der Waals surface area contributed by atoms with E-state index in [1.54, 1.807) is 0 Å². The van der Waals surface area contributed by atoms with Gasteiger partial charge in [0.15, 0.2) is 0 Å². The molecule has 1 amide bonds. The first-order valence-corrected chi connectivity index (χ1v) is 6.79. The smallest absolute Gasteiger partial charge is 0.219 e. The minimum absolute atomic E-state index is 0.161. The first-order chi connectivity index (χ1) is 8.70. The van der Waals surface area contributed by atoms with E-state index in [-0.39, 0.29) is 5.91 Å². The van der Waals surface area contributed by atoms with Gasteiger partial charge in [-0.3, -0.25) is 9.69 Å². The maximum Gasteiger partial charge on any atom is 0.219 e. The van der Waals surface area contributed by atoms with Crippen molar-refractivity contribution in [3.05, 3.63) is 35.9 Å². The van der Waals surface area contributed by atoms with Crippen LogP contribution < -0.4 is 5.32 Å². The van der Waals surface area contributed by atoms with Gasteiger partial charge in [-0.15, -0.1) is 0 Å². The summed E-state index contributed by atoms with van der Waals surface area (Å²) in [4.78, 5) is 13.8. The zero-order valence-electron chi connectivity index (χ0n) is 11.2. The molecular weight excluding hydrogens is 224 g/mol. The van der Waals surface area contributed by atoms with Crippen molar-refractivity contribution in [2.24, 2.45) is 0 Å². The van der Waals surface area contributed by atoms with Crippen molar-refractivity contribution in [2.75, 3.05) is 13.1 Å². The molecule has 1 saturated heterocycles. The van der Waals surface area contributed by atoms with Crippen LogP contribution in [0.5, 0.6) is 0 Å². The van der Waals surface area contributed by atoms with E-state index in [0.29, 0.717) is 18.5 Å². The van der Waals surface area contributed by atoms with Crippen LogP contribution in [0.3, 0.4) is 0 Å². The number of benzene rings is 1. The van der Waals surface area contributed by atoms with Crippen molar-refractivity contribution < 1.29 is 4.79 Å². The normalized spacial score (nSPS) is 21.8. The summed E-state index contributed by atoms with van der Waals surface area (Å²) in [5, 5.41) is 3.08. The quantitative estimate of drug-likeness (QED) is 0.884. The second-order valence-corrected chi connectivity index (χ2v) is 4.99. The van der Waals surface area contributed by atoms with E-state index in [9.17, 15) is 4.79 Å². The lowest BCUT2D eigenvalue weighted by Crippen LogP contribution is -2.37. The molecule has 0 bridgehead atoms. The van der Waals surface area contributed by atoms with Crippen molar-refractivity contribution in [2.45, 2.75) is 38.8 Å². The maximum atomic E-state index is 11.4. The Kier molecular flexibility index (Phi) is 4.37. The summed E-state index contributed by atoms with van der Waals surface area (Å²) in [6.45, 7) is 6.15. The van der Waals surface area contributed by atoms with Crippen LogP contribution in [-0.2, 0) is 4.79 Å². The number of hydrogen-bond acceptors (Lipinski definition) is 2. The van der Waals surface area contributed by atoms with Crippen LogP contribution in [0.25, 0.3) is 0 Å². The Bertz CT molecular complexity index is 391. The third kappa shape index (κ3) is 3.10. The standard InChI is InChI=1S/C15H22N2O/c1-3-15(18)16-14-9-10-17(11-14)12(2)13-7-5-4-6-8-13/h4-8,12,14H,3,9-11H2,1-2H3,(H,16,18). The highest BCUT2D eigenvalue weighted by molar-refractivity contribution is 5.75. The highest BCUT2D eigenvalue weighted by Gasteiger charge is 2.27. The van der Waals surface area contributed by atoms with Gasteiger partial charge in [-0.05, 0) is 18.9 Å². The molecule has 1 N–H and O–H groups in total. The molecule has 3 heteroatoms. The Morgan fingerprint density at radius 3 is 2.83 bits per heavy atom. The monoisotopic (exact) mass is 246 g/mol. The van der Waals surface area contributed by atoms with Crippen molar-refractivity contribution in [1.82, 2.24) is 10.2 Å². The lowest BCUT2D eigenvalue weighted by molar-refractivity contribution is -0.121. The van der Waals surface area contributed by atoms with E-state index < -0.39 is 0 Å². The highest BCUT2D eigenvalue weighted by Crippen LogP contribution is 2.24. The molecule has 1 aromatic rings. The molecule has 0 aromatic heterocycles. The van der Waals surface area contributed by atoms with Crippen LogP contribution in [0, 0.1) is 0 Å². The van der Waals surface area contributed by atoms with Crippen molar-refractivity contribution in [3.63, 3.8) is 0 Å². The first-order valence-electron chi connectivity index (χ1n) is 6.79. The minimum atomic E-state index is 0.161. The van der Waals surface area contributed by atoms with Gasteiger partial charge in [0.2, 0.25) is 5.91 Å². The number of carbonyl (C=O) groups excluding carboxylic acids is 1. The Balaban J connectivity index is 1.91. The van der Waals surface area contributed by atoms with Gasteiger partial charge < -0.3 is 5.32 Å². The van der Waals surface area contributed by atoms with E-state index >= 15 is 0 Å². The van der Waals surface area contributed by atoms with Gasteiger partial charge >= 0.3 is 0 Å². The highest BCUT2D eigenvalue weighted by atomic mass is 16.1. The Hall–Kier alpha value is -1.35. The molecule has 1 aliphatic heterocycles. The summed E-state index contributed by atoms with van der Waals surface area (Å²) in [7, 11) is 0. The number of amides is 1. The summed E-state index contributed by atoms with van der Waals surface area (Å²) in [5.74, 6) is 0.161. The second-order valence-electron chi connectivity index (χ2n) is 4.99. The van der Waals surface area contributed by atoms with Gasteiger partial charge in [-0.25, -0.2) is 0 Å². The van der Waals surface area contributed by atoms with Crippen LogP contribution in [0.1, 0.15) is 38.3 Å². The molecule has 1 aromatic carbocycles. The van der Waals surface area contributed by atoms with Gasteiger partial charge in [0.05, 0.1) is 0 Å². The SMILES string of the molecule is CCC(=O)NC1CCN(C(C)c2ccccc2)C1. The number of nitrogens with one attached hydrogen (secondary N) is 1. The van der Waals surface area contributed by atoms with Gasteiger partial charge in [0.25, 0.3) is 0 Å². The number of carbonyl (C=O) groups is 1. The molecule has 0 saturated carbocycles. The largest absolute Gasteiger partial charge is 0.352 e. The van der Waals surface area contributed by atoms with Crippen LogP contribution in [0.4, 0.5) is 0 Å². The molecule has 18 heavy (non-hydrogen) atoms. The summed E-state index contributed by atoms with van der Waals surface area (Å²) in [6.07, 6.45) is 1.63. The van der Waals surface area contributed by atoms with Crippen LogP contribution in [-0.4, -0.2) is 29.9 Å². The lowest BCUT2D eigenvalue weighted by Gasteiger charge is -2.24. The van der Waals surface area contributed by atoms with E-state index in [4.69, 9.17) is 0 Å². The zero-order valence-corrected chi connectivity index (χ0v) is 11.2. The number of likely N-dealkylation sites (tertiary alicyclic amines) is 1. The molecule has 2 rings (SSSR count). The fourth-order valence-electron chi connectivity index (χ4n) is 2.53. The van der Waals surface area contributed by atoms with Crippen molar-refractivity contribution >= 4 is 5.91 Å². The zero-order chi connectivity index (χ0) is 13.0. The molecule has 0 aliphatic carbocycles. The lowest BCUT2D eigenvalue weighted by atomic mass is 10.1. The molecule has 0 radical (unpaired) electrons. The summed E-state index contributed by atoms with van der Waals surface area (Å²) < 4.78 is 0. The fourth-order valence-corrected chi connectivity index (χ4v) is 2.53. The maximum absolute atomic E-state index is 11.4. The van der Waals surface area contributed by atoms with E-state index in [1.165, 1.54) is 5.56 Å². The third-order valence-electron chi connectivity index (χ3n) is 3.74. The first kappa shape index (κ1) is 13.1. The molecular formula is C15H22N2O. The number of rotatable bonds is 4. The van der Waals surface area contributed by atoms with E-state index in [0.717, 1.165) is 19.5 Å². The van der Waals surface area contributed by atoms with E-state index in [2.05, 4.69) is 41.4 Å². The van der Waals surface area contributed by atoms with Crippen LogP contribution in [0.15, 0.2) is 30.3 Å². The minimum Gasteiger partial charge on any atom is -0.352 e. The Morgan fingerprint density at radius 1 is 1.44 bits per heavy atom. The summed E-state index contributed by atoms with van der Waals surface area (Å²) >= 11 is 0. The van der Waals surface area contributed by atoms with Gasteiger partial charge in [-0.2, -0.15) is 0 Å². The molecule has 2 atom stereocenters. The predicted octanol–water partition coefficient (Wildman–Crippen LogP) is 2.35. The topological polar surface area (TPSA) is 32.3 Å². The predicted molar refractivity (Wildman–Crippen MR) is 73.3 cm³/mol. The van der Waals surface area contributed by atoms with Gasteiger partial charge in [0.1, 0.15) is 0 Å². The Morgan fingerprint density at radius 2 is 2.17 bits per heavy atom. The summed E-state index contributed by atoms with van der Waals surface area (Å²) in [6, 6.07) is 11.3. The Labute approximate surface area is 109 Å². The average molecular weight is 246 g/mol. The number of nitrogens with zero attached hydrogens (tertiary/aromatic N) is 1. The van der Waals surface area contributed by atoms with Gasteiger partial charge in [0, 0.05) is 31.6 Å². The van der Waals surface area contributed by atoms with Crippen molar-refractivity contribution in [1.29, 1.82) is 0 Å². The van der Waals surface area contributed by atoms with Crippen LogP contribution >= 0.6 is 0 Å². The molecule has 1 aliphatic rings.